The average molecular weight is 249 g/mol. The Hall–Kier alpha value is -0.670. The molecule has 100 valence electrons. The molecule has 1 saturated heterocycles. The number of allylic oxidation sites excluding steroid dienone is 2. The highest BCUT2D eigenvalue weighted by atomic mass is 19.4. The molecule has 0 atom stereocenters. The average Bonchev–Trinajstić information content (AvgIpc) is 2.28. The highest BCUT2D eigenvalue weighted by molar-refractivity contribution is 5.08. The molecule has 0 radical (unpaired) electrons. The highest BCUT2D eigenvalue weighted by Gasteiger charge is 2.37. The SMILES string of the molecule is CCCCC/C=C(/N1CCCCC1)C(F)(F)F. The fourth-order valence-electron chi connectivity index (χ4n) is 2.19. The lowest BCUT2D eigenvalue weighted by Gasteiger charge is -2.32. The third-order valence-corrected chi connectivity index (χ3v) is 3.13. The number of likely N-dealkylation sites (tertiary alicyclic amines) is 1. The van der Waals surface area contributed by atoms with Crippen LogP contribution in [-0.4, -0.2) is 24.2 Å². The van der Waals surface area contributed by atoms with Crippen LogP contribution in [0.3, 0.4) is 0 Å². The maximum atomic E-state index is 12.9. The zero-order valence-corrected chi connectivity index (χ0v) is 10.5. The van der Waals surface area contributed by atoms with Gasteiger partial charge in [0.05, 0.1) is 0 Å². The minimum Gasteiger partial charge on any atom is -0.368 e. The molecule has 1 rings (SSSR count). The van der Waals surface area contributed by atoms with Gasteiger partial charge in [0.1, 0.15) is 5.70 Å². The molecule has 1 nitrogen and oxygen atoms in total. The molecular formula is C13H22F3N. The van der Waals surface area contributed by atoms with Crippen LogP contribution in [0.1, 0.15) is 51.9 Å². The van der Waals surface area contributed by atoms with Crippen LogP contribution >= 0.6 is 0 Å². The van der Waals surface area contributed by atoms with Crippen molar-refractivity contribution >= 4 is 0 Å². The molecule has 0 aliphatic carbocycles. The maximum absolute atomic E-state index is 12.9. The zero-order chi connectivity index (χ0) is 12.7. The number of hydrogen-bond acceptors (Lipinski definition) is 1. The van der Waals surface area contributed by atoms with Crippen molar-refractivity contribution in [1.29, 1.82) is 0 Å². The fraction of sp³-hybridized carbons (Fsp3) is 0.846. The van der Waals surface area contributed by atoms with Gasteiger partial charge in [0.15, 0.2) is 0 Å². The van der Waals surface area contributed by atoms with E-state index < -0.39 is 11.9 Å². The summed E-state index contributed by atoms with van der Waals surface area (Å²) in [5.41, 5.74) is -0.409. The summed E-state index contributed by atoms with van der Waals surface area (Å²) in [6.07, 6.45) is 3.44. The van der Waals surface area contributed by atoms with Crippen molar-refractivity contribution in [2.75, 3.05) is 13.1 Å². The Morgan fingerprint density at radius 1 is 1.12 bits per heavy atom. The molecule has 0 aromatic rings. The van der Waals surface area contributed by atoms with Crippen molar-refractivity contribution in [3.8, 4) is 0 Å². The number of nitrogens with zero attached hydrogens (tertiary/aromatic N) is 1. The lowest BCUT2D eigenvalue weighted by Crippen LogP contribution is -2.35. The summed E-state index contributed by atoms with van der Waals surface area (Å²) >= 11 is 0. The summed E-state index contributed by atoms with van der Waals surface area (Å²) in [5.74, 6) is 0. The van der Waals surface area contributed by atoms with Crippen LogP contribution in [0, 0.1) is 0 Å². The molecule has 0 aromatic carbocycles. The van der Waals surface area contributed by atoms with Gasteiger partial charge in [-0.15, -0.1) is 0 Å². The largest absolute Gasteiger partial charge is 0.430 e. The zero-order valence-electron chi connectivity index (χ0n) is 10.5. The Labute approximate surface area is 102 Å². The molecular weight excluding hydrogens is 227 g/mol. The molecule has 1 aliphatic heterocycles. The summed E-state index contributed by atoms with van der Waals surface area (Å²) in [4.78, 5) is 1.51. The Bertz CT molecular complexity index is 240. The lowest BCUT2D eigenvalue weighted by atomic mass is 10.1. The summed E-state index contributed by atoms with van der Waals surface area (Å²) < 4.78 is 38.7. The monoisotopic (exact) mass is 249 g/mol. The first kappa shape index (κ1) is 14.4. The normalized spacial score (nSPS) is 18.6. The number of piperidine rings is 1. The van der Waals surface area contributed by atoms with Gasteiger partial charge in [-0.1, -0.05) is 25.8 Å². The van der Waals surface area contributed by atoms with Gasteiger partial charge in [0.25, 0.3) is 0 Å². The van der Waals surface area contributed by atoms with Gasteiger partial charge in [-0.2, -0.15) is 13.2 Å². The van der Waals surface area contributed by atoms with E-state index in [1.807, 2.05) is 0 Å². The summed E-state index contributed by atoms with van der Waals surface area (Å²) in [7, 11) is 0. The highest BCUT2D eigenvalue weighted by Crippen LogP contribution is 2.31. The predicted molar refractivity (Wildman–Crippen MR) is 63.7 cm³/mol. The van der Waals surface area contributed by atoms with Gasteiger partial charge in [0.2, 0.25) is 0 Å². The molecule has 0 spiro atoms. The van der Waals surface area contributed by atoms with E-state index in [4.69, 9.17) is 0 Å². The Kier molecular flexibility index (Phi) is 5.86. The van der Waals surface area contributed by atoms with E-state index >= 15 is 0 Å². The first-order valence-electron chi connectivity index (χ1n) is 6.58. The van der Waals surface area contributed by atoms with Crippen molar-refractivity contribution in [2.45, 2.75) is 58.0 Å². The standard InChI is InChI=1S/C13H22F3N/c1-2-3-4-6-9-12(13(14,15)16)17-10-7-5-8-11-17/h9H,2-8,10-11H2,1H3/b12-9+. The van der Waals surface area contributed by atoms with Crippen molar-refractivity contribution in [3.63, 3.8) is 0 Å². The van der Waals surface area contributed by atoms with Gasteiger partial charge >= 0.3 is 6.18 Å². The summed E-state index contributed by atoms with van der Waals surface area (Å²) in [6.45, 7) is 3.16. The van der Waals surface area contributed by atoms with Crippen LogP contribution < -0.4 is 0 Å². The molecule has 0 N–H and O–H groups in total. The molecule has 0 amide bonds. The molecule has 4 heteroatoms. The first-order chi connectivity index (χ1) is 8.05. The van der Waals surface area contributed by atoms with Crippen LogP contribution in [0.25, 0.3) is 0 Å². The Morgan fingerprint density at radius 3 is 2.29 bits per heavy atom. The van der Waals surface area contributed by atoms with Crippen molar-refractivity contribution < 1.29 is 13.2 Å². The molecule has 1 fully saturated rings. The molecule has 17 heavy (non-hydrogen) atoms. The third kappa shape index (κ3) is 5.00. The van der Waals surface area contributed by atoms with Crippen LogP contribution in [0.2, 0.25) is 0 Å². The van der Waals surface area contributed by atoms with Crippen molar-refractivity contribution in [2.24, 2.45) is 0 Å². The van der Waals surface area contributed by atoms with Crippen molar-refractivity contribution in [1.82, 2.24) is 4.90 Å². The number of unbranched alkanes of at least 4 members (excludes halogenated alkanes) is 3. The van der Waals surface area contributed by atoms with Crippen molar-refractivity contribution in [3.05, 3.63) is 11.8 Å². The van der Waals surface area contributed by atoms with E-state index in [9.17, 15) is 13.2 Å². The molecule has 0 saturated carbocycles. The second kappa shape index (κ2) is 6.92. The fourth-order valence-corrected chi connectivity index (χ4v) is 2.19. The second-order valence-electron chi connectivity index (χ2n) is 4.63. The Balaban J connectivity index is 2.59. The minimum atomic E-state index is -4.19. The van der Waals surface area contributed by atoms with Gasteiger partial charge in [0, 0.05) is 13.1 Å². The Morgan fingerprint density at radius 2 is 1.76 bits per heavy atom. The number of halogens is 3. The molecule has 1 aliphatic rings. The van der Waals surface area contributed by atoms with E-state index in [1.54, 1.807) is 0 Å². The van der Waals surface area contributed by atoms with Crippen LogP contribution in [0.5, 0.6) is 0 Å². The minimum absolute atomic E-state index is 0.409. The number of rotatable bonds is 5. The maximum Gasteiger partial charge on any atom is 0.430 e. The summed E-state index contributed by atoms with van der Waals surface area (Å²) in [6, 6.07) is 0. The first-order valence-corrected chi connectivity index (χ1v) is 6.58. The quantitative estimate of drug-likeness (QED) is 0.648. The number of alkyl halides is 3. The third-order valence-electron chi connectivity index (χ3n) is 3.13. The lowest BCUT2D eigenvalue weighted by molar-refractivity contribution is -0.113. The van der Waals surface area contributed by atoms with E-state index in [0.717, 1.165) is 38.5 Å². The van der Waals surface area contributed by atoms with E-state index in [0.29, 0.717) is 19.5 Å². The van der Waals surface area contributed by atoms with Crippen LogP contribution in [0.15, 0.2) is 11.8 Å². The predicted octanol–water partition coefficient (Wildman–Crippen LogP) is 4.50. The molecule has 0 bridgehead atoms. The van der Waals surface area contributed by atoms with Gasteiger partial charge in [-0.25, -0.2) is 0 Å². The molecule has 1 heterocycles. The van der Waals surface area contributed by atoms with E-state index in [2.05, 4.69) is 6.92 Å². The summed E-state index contributed by atoms with van der Waals surface area (Å²) in [5, 5.41) is 0. The smallest absolute Gasteiger partial charge is 0.368 e. The van der Waals surface area contributed by atoms with Gasteiger partial charge in [-0.3, -0.25) is 0 Å². The van der Waals surface area contributed by atoms with Crippen LogP contribution in [0.4, 0.5) is 13.2 Å². The molecule has 0 unspecified atom stereocenters. The number of hydrogen-bond donors (Lipinski definition) is 0. The molecule has 0 aromatic heterocycles. The van der Waals surface area contributed by atoms with E-state index in [-0.39, 0.29) is 0 Å². The van der Waals surface area contributed by atoms with Crippen LogP contribution in [-0.2, 0) is 0 Å². The topological polar surface area (TPSA) is 3.24 Å². The van der Waals surface area contributed by atoms with E-state index in [1.165, 1.54) is 11.0 Å². The van der Waals surface area contributed by atoms with Gasteiger partial charge < -0.3 is 4.90 Å². The van der Waals surface area contributed by atoms with Gasteiger partial charge in [-0.05, 0) is 32.1 Å². The second-order valence-corrected chi connectivity index (χ2v) is 4.63.